The molecule has 0 radical (unpaired) electrons. The zero-order valence-corrected chi connectivity index (χ0v) is 19.1. The fourth-order valence-electron chi connectivity index (χ4n) is 4.16. The lowest BCUT2D eigenvalue weighted by Gasteiger charge is -2.09. The molecule has 0 saturated heterocycles. The van der Waals surface area contributed by atoms with E-state index in [1.165, 1.54) is 12.3 Å². The van der Waals surface area contributed by atoms with Gasteiger partial charge in [0, 0.05) is 28.9 Å². The molecule has 1 N–H and O–H groups in total. The predicted octanol–water partition coefficient (Wildman–Crippen LogP) is 5.10. The van der Waals surface area contributed by atoms with E-state index in [9.17, 15) is 9.18 Å². The van der Waals surface area contributed by atoms with E-state index in [4.69, 9.17) is 4.98 Å². The first-order valence-corrected chi connectivity index (χ1v) is 11.2. The Morgan fingerprint density at radius 1 is 0.972 bits per heavy atom. The van der Waals surface area contributed by atoms with Gasteiger partial charge in [0.2, 0.25) is 0 Å². The van der Waals surface area contributed by atoms with Crippen LogP contribution >= 0.6 is 0 Å². The molecular formula is C27H18FN7O. The summed E-state index contributed by atoms with van der Waals surface area (Å²) in [6, 6.07) is 19.4. The van der Waals surface area contributed by atoms with E-state index in [-0.39, 0.29) is 11.7 Å². The fraction of sp³-hybridized carbons (Fsp3) is 0.0370. The van der Waals surface area contributed by atoms with Crippen LogP contribution in [0.15, 0.2) is 85.3 Å². The van der Waals surface area contributed by atoms with Gasteiger partial charge in [0.1, 0.15) is 17.3 Å². The van der Waals surface area contributed by atoms with Crippen LogP contribution in [0.5, 0.6) is 0 Å². The second-order valence-electron chi connectivity index (χ2n) is 8.23. The number of hydrogen-bond donors (Lipinski definition) is 1. The number of pyridine rings is 1. The number of hydrogen-bond acceptors (Lipinski definition) is 6. The van der Waals surface area contributed by atoms with Crippen LogP contribution in [0.25, 0.3) is 39.1 Å². The third-order valence-electron chi connectivity index (χ3n) is 5.89. The minimum Gasteiger partial charge on any atom is -0.306 e. The lowest BCUT2D eigenvalue weighted by atomic mass is 10.0. The van der Waals surface area contributed by atoms with E-state index >= 15 is 0 Å². The normalized spacial score (nSPS) is 11.2. The van der Waals surface area contributed by atoms with Crippen LogP contribution in [0.4, 0.5) is 10.2 Å². The molecule has 36 heavy (non-hydrogen) atoms. The van der Waals surface area contributed by atoms with Gasteiger partial charge in [0.25, 0.3) is 5.91 Å². The Hall–Kier alpha value is -5.05. The highest BCUT2D eigenvalue weighted by Crippen LogP contribution is 2.33. The second kappa shape index (κ2) is 8.62. The van der Waals surface area contributed by atoms with Crippen LogP contribution in [0.2, 0.25) is 0 Å². The van der Waals surface area contributed by atoms with Crippen molar-refractivity contribution in [3.63, 3.8) is 0 Å². The molecule has 0 spiro atoms. The van der Waals surface area contributed by atoms with Gasteiger partial charge >= 0.3 is 0 Å². The Kier molecular flexibility index (Phi) is 5.15. The maximum Gasteiger partial charge on any atom is 0.259 e. The number of carbonyl (C=O) groups is 1. The molecule has 1 amide bonds. The number of nitrogens with one attached hydrogen (secondary N) is 1. The van der Waals surface area contributed by atoms with Crippen LogP contribution in [0, 0.1) is 12.7 Å². The lowest BCUT2D eigenvalue weighted by molar-refractivity contribution is 0.102. The number of halogens is 1. The molecule has 0 saturated carbocycles. The number of aryl methyl sites for hydroxylation is 1. The van der Waals surface area contributed by atoms with Crippen LogP contribution in [-0.4, -0.2) is 35.7 Å². The predicted molar refractivity (Wildman–Crippen MR) is 134 cm³/mol. The maximum absolute atomic E-state index is 14.0. The number of rotatable bonds is 4. The number of imidazole rings is 1. The Bertz CT molecular complexity index is 1770. The second-order valence-corrected chi connectivity index (χ2v) is 8.23. The third kappa shape index (κ3) is 3.72. The molecule has 174 valence electrons. The first-order valence-electron chi connectivity index (χ1n) is 11.2. The molecule has 8 nitrogen and oxygen atoms in total. The van der Waals surface area contributed by atoms with E-state index < -0.39 is 0 Å². The summed E-state index contributed by atoms with van der Waals surface area (Å²) in [6.07, 6.45) is 4.71. The molecule has 0 aliphatic carbocycles. The highest BCUT2D eigenvalue weighted by atomic mass is 19.1. The number of anilines is 1. The molecule has 0 unspecified atom stereocenters. The number of amides is 1. The van der Waals surface area contributed by atoms with E-state index in [1.807, 2.05) is 30.3 Å². The van der Waals surface area contributed by atoms with Crippen molar-refractivity contribution in [3.05, 3.63) is 102 Å². The minimum absolute atomic E-state index is 0.283. The first-order chi connectivity index (χ1) is 17.6. The average molecular weight is 475 g/mol. The molecule has 0 aliphatic rings. The van der Waals surface area contributed by atoms with Crippen molar-refractivity contribution < 1.29 is 9.18 Å². The van der Waals surface area contributed by atoms with E-state index in [0.717, 1.165) is 11.1 Å². The number of fused-ring (bicyclic) bond motifs is 2. The van der Waals surface area contributed by atoms with E-state index in [0.29, 0.717) is 44.9 Å². The summed E-state index contributed by atoms with van der Waals surface area (Å²) in [6.45, 7) is 1.71. The highest BCUT2D eigenvalue weighted by molar-refractivity contribution is 6.11. The zero-order valence-electron chi connectivity index (χ0n) is 19.1. The van der Waals surface area contributed by atoms with Crippen molar-refractivity contribution in [3.8, 4) is 22.5 Å². The number of carbonyl (C=O) groups excluding carboxylic acids is 1. The summed E-state index contributed by atoms with van der Waals surface area (Å²) in [5.74, 6) is -0.281. The summed E-state index contributed by atoms with van der Waals surface area (Å²) < 4.78 is 15.7. The fourth-order valence-corrected chi connectivity index (χ4v) is 4.16. The van der Waals surface area contributed by atoms with Crippen LogP contribution < -0.4 is 5.32 Å². The van der Waals surface area contributed by atoms with E-state index in [2.05, 4.69) is 25.6 Å². The topological polar surface area (TPSA) is 98.0 Å². The Morgan fingerprint density at radius 2 is 1.86 bits per heavy atom. The SMILES string of the molecule is Cc1cc(-c2nc3cccnn3c2-c2ccnc(NC(=O)c3cnnc4ccccc34)c2)ccc1F. The van der Waals surface area contributed by atoms with Crippen molar-refractivity contribution in [2.75, 3.05) is 5.32 Å². The molecule has 4 aromatic heterocycles. The summed E-state index contributed by atoms with van der Waals surface area (Å²) in [7, 11) is 0. The monoisotopic (exact) mass is 475 g/mol. The van der Waals surface area contributed by atoms with E-state index in [1.54, 1.807) is 54.2 Å². The smallest absolute Gasteiger partial charge is 0.259 e. The summed E-state index contributed by atoms with van der Waals surface area (Å²) in [5.41, 5.74) is 5.02. The minimum atomic E-state index is -0.351. The highest BCUT2D eigenvalue weighted by Gasteiger charge is 2.19. The number of benzene rings is 2. The largest absolute Gasteiger partial charge is 0.306 e. The molecule has 0 bridgehead atoms. The molecule has 9 heteroatoms. The Morgan fingerprint density at radius 3 is 2.75 bits per heavy atom. The molecule has 6 rings (SSSR count). The van der Waals surface area contributed by atoms with Gasteiger partial charge < -0.3 is 5.32 Å². The molecule has 2 aromatic carbocycles. The lowest BCUT2D eigenvalue weighted by Crippen LogP contribution is -2.14. The van der Waals surface area contributed by atoms with Crippen molar-refractivity contribution >= 4 is 28.3 Å². The molecular weight excluding hydrogens is 457 g/mol. The van der Waals surface area contributed by atoms with Gasteiger partial charge in [0.15, 0.2) is 5.65 Å². The zero-order chi connectivity index (χ0) is 24.6. The van der Waals surface area contributed by atoms with Crippen LogP contribution in [-0.2, 0) is 0 Å². The molecule has 0 atom stereocenters. The van der Waals surface area contributed by atoms with Gasteiger partial charge in [0.05, 0.1) is 23.0 Å². The quantitative estimate of drug-likeness (QED) is 0.381. The Labute approximate surface area is 204 Å². The molecule has 0 fully saturated rings. The Balaban J connectivity index is 1.43. The van der Waals surface area contributed by atoms with Crippen molar-refractivity contribution in [2.45, 2.75) is 6.92 Å². The van der Waals surface area contributed by atoms with Gasteiger partial charge in [-0.25, -0.2) is 18.9 Å². The molecule has 6 aromatic rings. The third-order valence-corrected chi connectivity index (χ3v) is 5.89. The summed E-state index contributed by atoms with van der Waals surface area (Å²) in [5, 5.41) is 16.0. The van der Waals surface area contributed by atoms with Crippen molar-refractivity contribution in [1.82, 2.24) is 29.8 Å². The molecule has 4 heterocycles. The van der Waals surface area contributed by atoms with Gasteiger partial charge in [-0.3, -0.25) is 4.79 Å². The summed E-state index contributed by atoms with van der Waals surface area (Å²) in [4.78, 5) is 22.2. The standard InChI is InChI=1S/C27H18FN7O/c1-16-13-17(8-9-21(16)28)25-26(35-24(33-25)7-4-11-31-35)18-10-12-29-23(14-18)32-27(36)20-15-30-34-22-6-3-2-5-19(20)22/h2-15H,1H3,(H,29,32,36). The van der Waals surface area contributed by atoms with Gasteiger partial charge in [-0.15, -0.1) is 0 Å². The van der Waals surface area contributed by atoms with Gasteiger partial charge in [-0.1, -0.05) is 18.2 Å². The summed E-state index contributed by atoms with van der Waals surface area (Å²) >= 11 is 0. The van der Waals surface area contributed by atoms with Gasteiger partial charge in [-0.05, 0) is 61.0 Å². The number of aromatic nitrogens is 6. The number of nitrogens with zero attached hydrogens (tertiary/aromatic N) is 6. The van der Waals surface area contributed by atoms with Crippen molar-refractivity contribution in [1.29, 1.82) is 0 Å². The first kappa shape index (κ1) is 21.5. The van der Waals surface area contributed by atoms with Crippen molar-refractivity contribution in [2.24, 2.45) is 0 Å². The van der Waals surface area contributed by atoms with Crippen LogP contribution in [0.1, 0.15) is 15.9 Å². The molecule has 0 aliphatic heterocycles. The maximum atomic E-state index is 14.0. The van der Waals surface area contributed by atoms with Gasteiger partial charge in [-0.2, -0.15) is 15.3 Å². The average Bonchev–Trinajstić information content (AvgIpc) is 3.30. The van der Waals surface area contributed by atoms with Crippen LogP contribution in [0.3, 0.4) is 0 Å².